The zero-order valence-electron chi connectivity index (χ0n) is 9.18. The maximum atomic E-state index is 10.7. The zero-order chi connectivity index (χ0) is 11.3. The van der Waals surface area contributed by atoms with Crippen molar-refractivity contribution in [3.8, 4) is 0 Å². The third-order valence-electron chi connectivity index (χ3n) is 1.62. The number of carboxylic acids is 1. The quantitative estimate of drug-likeness (QED) is 0.335. The second-order valence-corrected chi connectivity index (χ2v) is 2.90. The van der Waals surface area contributed by atoms with Gasteiger partial charge in [0.25, 0.3) is 0 Å². The van der Waals surface area contributed by atoms with Gasteiger partial charge in [-0.05, 0) is 25.0 Å². The molecular weight excluding hydrogens is 219 g/mol. The van der Waals surface area contributed by atoms with Gasteiger partial charge in [-0.15, -0.1) is 0 Å². The number of aliphatic carboxylic acids is 1. The van der Waals surface area contributed by atoms with Gasteiger partial charge in [0.15, 0.2) is 0 Å². The predicted octanol–water partition coefficient (Wildman–Crippen LogP) is -2.71. The number of nitrogens with zero attached hydrogens (tertiary/aromatic N) is 1. The van der Waals surface area contributed by atoms with Crippen LogP contribution in [0.2, 0.25) is 0 Å². The van der Waals surface area contributed by atoms with Crippen LogP contribution in [0, 0.1) is 0 Å². The van der Waals surface area contributed by atoms with Crippen molar-refractivity contribution in [3.05, 3.63) is 30.3 Å². The average molecular weight is 230 g/mol. The molecule has 0 aromatic heterocycles. The van der Waals surface area contributed by atoms with Crippen LogP contribution in [-0.2, 0) is 4.79 Å². The Kier molecular flexibility index (Phi) is 6.80. The Balaban J connectivity index is 0.00000225. The van der Waals surface area contributed by atoms with Crippen molar-refractivity contribution in [2.24, 2.45) is 4.99 Å². The largest absolute Gasteiger partial charge is 1.00 e. The van der Waals surface area contributed by atoms with Crippen LogP contribution in [0.3, 0.4) is 0 Å². The predicted molar refractivity (Wildman–Crippen MR) is 54.6 cm³/mol. The molecule has 0 bridgehead atoms. The van der Waals surface area contributed by atoms with E-state index < -0.39 is 18.0 Å². The second kappa shape index (κ2) is 7.27. The van der Waals surface area contributed by atoms with E-state index in [-0.39, 0.29) is 29.6 Å². The number of hydrogen-bond donors (Lipinski definition) is 2. The van der Waals surface area contributed by atoms with Crippen LogP contribution >= 0.6 is 0 Å². The molecule has 5 nitrogen and oxygen atoms in total. The smallest absolute Gasteiger partial charge is 0.862 e. The average Bonchev–Trinajstić information content (AvgIpc) is 2.17. The topological polar surface area (TPSA) is 84.8 Å². The summed E-state index contributed by atoms with van der Waals surface area (Å²) in [5, 5.41) is 22.1. The molecule has 1 atom stereocenters. The van der Waals surface area contributed by atoms with Gasteiger partial charge in [-0.3, -0.25) is 4.99 Å². The number of benzene rings is 1. The molecule has 0 saturated heterocycles. The summed E-state index contributed by atoms with van der Waals surface area (Å²) >= 11 is 0. The summed E-state index contributed by atoms with van der Waals surface area (Å²) in [6.45, 7) is 1.21. The van der Waals surface area contributed by atoms with E-state index in [1.165, 1.54) is 6.92 Å². The molecule has 2 N–H and O–H groups in total. The monoisotopic (exact) mass is 230 g/mol. The Bertz CT molecular complexity index is 364. The number of para-hydroxylation sites is 1. The summed E-state index contributed by atoms with van der Waals surface area (Å²) < 4.78 is 0. The molecule has 0 fully saturated rings. The van der Waals surface area contributed by atoms with Gasteiger partial charge in [0, 0.05) is 5.69 Å². The molecular formula is C10H11N2NaO3. The van der Waals surface area contributed by atoms with Gasteiger partial charge in [0.2, 0.25) is 6.17 Å². The number of rotatable bonds is 4. The van der Waals surface area contributed by atoms with Crippen LogP contribution in [0.1, 0.15) is 6.92 Å². The van der Waals surface area contributed by atoms with Gasteiger partial charge < -0.3 is 15.5 Å². The molecule has 80 valence electrons. The maximum absolute atomic E-state index is 10.7. The zero-order valence-corrected chi connectivity index (χ0v) is 11.2. The molecule has 1 aromatic carbocycles. The van der Waals surface area contributed by atoms with Gasteiger partial charge in [-0.1, -0.05) is 18.2 Å². The van der Waals surface area contributed by atoms with Crippen LogP contribution in [0.15, 0.2) is 35.3 Å². The molecule has 0 aliphatic heterocycles. The van der Waals surface area contributed by atoms with E-state index in [1.807, 2.05) is 6.07 Å². The molecule has 1 unspecified atom stereocenters. The summed E-state index contributed by atoms with van der Waals surface area (Å²) in [6.07, 6.45) is -1.23. The van der Waals surface area contributed by atoms with Crippen molar-refractivity contribution in [1.29, 1.82) is 0 Å². The number of anilines is 1. The van der Waals surface area contributed by atoms with Crippen molar-refractivity contribution in [2.45, 2.75) is 13.1 Å². The number of aliphatic imine (C=N–C) groups is 1. The third-order valence-corrected chi connectivity index (χ3v) is 1.62. The first-order valence-corrected chi connectivity index (χ1v) is 4.35. The normalized spacial score (nSPS) is 12.4. The molecule has 0 aliphatic carbocycles. The number of carbonyl (C=O) groups is 1. The molecule has 0 spiro atoms. The minimum atomic E-state index is -1.23. The summed E-state index contributed by atoms with van der Waals surface area (Å²) in [4.78, 5) is 14.2. The van der Waals surface area contributed by atoms with Gasteiger partial charge >= 0.3 is 35.5 Å². The maximum Gasteiger partial charge on any atom is 1.00 e. The Morgan fingerprint density at radius 3 is 2.44 bits per heavy atom. The first-order chi connectivity index (χ1) is 7.09. The Morgan fingerprint density at radius 1 is 1.44 bits per heavy atom. The molecule has 0 radical (unpaired) electrons. The Hall–Kier alpha value is -1.04. The molecule has 0 amide bonds. The summed E-state index contributed by atoms with van der Waals surface area (Å²) in [5.41, 5.74) is 0.606. The second-order valence-electron chi connectivity index (χ2n) is 2.90. The van der Waals surface area contributed by atoms with E-state index in [2.05, 4.69) is 10.3 Å². The molecule has 0 aliphatic rings. The van der Waals surface area contributed by atoms with Crippen molar-refractivity contribution < 1.29 is 44.6 Å². The van der Waals surface area contributed by atoms with Gasteiger partial charge in [-0.25, -0.2) is 4.79 Å². The molecule has 16 heavy (non-hydrogen) atoms. The van der Waals surface area contributed by atoms with E-state index in [1.54, 1.807) is 24.3 Å². The van der Waals surface area contributed by atoms with Gasteiger partial charge in [0.05, 0.1) is 0 Å². The fraction of sp³-hybridized carbons (Fsp3) is 0.200. The van der Waals surface area contributed by atoms with E-state index in [4.69, 9.17) is 5.11 Å². The number of carboxylic acid groups (broad SMARTS) is 1. The SMILES string of the molecule is CC([O-])=NC(Nc1ccccc1)C(=O)O.[Na+]. The fourth-order valence-corrected chi connectivity index (χ4v) is 1.02. The van der Waals surface area contributed by atoms with Crippen LogP contribution in [0.5, 0.6) is 0 Å². The summed E-state index contributed by atoms with van der Waals surface area (Å²) in [7, 11) is 0. The van der Waals surface area contributed by atoms with E-state index in [0.29, 0.717) is 5.69 Å². The standard InChI is InChI=1S/C10H12N2O3.Na/c1-7(13)11-9(10(14)15)12-8-5-3-2-4-6-8;/h2-6,9,12H,1H3,(H,11,13)(H,14,15);/q;+1/p-1. The minimum absolute atomic E-state index is 0. The minimum Gasteiger partial charge on any atom is -0.862 e. The van der Waals surface area contributed by atoms with Crippen LogP contribution in [0.4, 0.5) is 5.69 Å². The first-order valence-electron chi connectivity index (χ1n) is 4.35. The number of nitrogens with one attached hydrogen (secondary N) is 1. The van der Waals surface area contributed by atoms with Gasteiger partial charge in [-0.2, -0.15) is 0 Å². The van der Waals surface area contributed by atoms with E-state index in [0.717, 1.165) is 0 Å². The van der Waals surface area contributed by atoms with Crippen LogP contribution in [0.25, 0.3) is 0 Å². The van der Waals surface area contributed by atoms with Crippen molar-refractivity contribution in [2.75, 3.05) is 5.32 Å². The molecule has 0 heterocycles. The van der Waals surface area contributed by atoms with Crippen LogP contribution in [-0.4, -0.2) is 23.1 Å². The van der Waals surface area contributed by atoms with Crippen molar-refractivity contribution in [3.63, 3.8) is 0 Å². The molecule has 1 rings (SSSR count). The first kappa shape index (κ1) is 15.0. The fourth-order valence-electron chi connectivity index (χ4n) is 1.02. The van der Waals surface area contributed by atoms with E-state index in [9.17, 15) is 9.90 Å². The number of hydrogen-bond acceptors (Lipinski definition) is 4. The molecule has 0 saturated carbocycles. The van der Waals surface area contributed by atoms with Crippen molar-refractivity contribution >= 4 is 17.6 Å². The molecule has 1 aromatic rings. The third kappa shape index (κ3) is 5.16. The Labute approximate surface area is 115 Å². The van der Waals surface area contributed by atoms with Crippen LogP contribution < -0.4 is 40.0 Å². The summed E-state index contributed by atoms with van der Waals surface area (Å²) in [6, 6.07) is 8.73. The van der Waals surface area contributed by atoms with Gasteiger partial charge in [0.1, 0.15) is 0 Å². The van der Waals surface area contributed by atoms with Crippen molar-refractivity contribution in [1.82, 2.24) is 0 Å². The Morgan fingerprint density at radius 2 is 2.00 bits per heavy atom. The summed E-state index contributed by atoms with van der Waals surface area (Å²) in [5.74, 6) is -1.71. The van der Waals surface area contributed by atoms with E-state index >= 15 is 0 Å². The molecule has 6 heteroatoms.